The van der Waals surface area contributed by atoms with Gasteiger partial charge in [-0.2, -0.15) is 9.78 Å². The highest BCUT2D eigenvalue weighted by atomic mass is 32.1. The minimum Gasteiger partial charge on any atom is -0.380 e. The Hall–Kier alpha value is -4.13. The first-order valence-electron chi connectivity index (χ1n) is 11.7. The van der Waals surface area contributed by atoms with Crippen molar-refractivity contribution >= 4 is 32.8 Å². The highest BCUT2D eigenvalue weighted by Gasteiger charge is 2.40. The van der Waals surface area contributed by atoms with Crippen LogP contribution in [0.3, 0.4) is 0 Å². The van der Waals surface area contributed by atoms with Crippen LogP contribution in [0.1, 0.15) is 23.4 Å². The summed E-state index contributed by atoms with van der Waals surface area (Å²) in [6, 6.07) is 29.2. The molecule has 0 aliphatic heterocycles. The summed E-state index contributed by atoms with van der Waals surface area (Å²) in [5.74, 6) is 0.506. The van der Waals surface area contributed by atoms with Gasteiger partial charge >= 0.3 is 0 Å². The molecule has 2 aromatic heterocycles. The fourth-order valence-corrected chi connectivity index (χ4v) is 5.81. The van der Waals surface area contributed by atoms with Crippen molar-refractivity contribution in [2.45, 2.75) is 18.9 Å². The van der Waals surface area contributed by atoms with Gasteiger partial charge in [0.25, 0.3) is 5.56 Å². The third kappa shape index (κ3) is 3.71. The number of aliphatic hydroxyl groups is 1. The normalized spacial score (nSPS) is 18.6. The SMILES string of the molecule is Cc1nc2scc(-c3ccccc3)c2c(=O)n1/N=C1\C=C(c2ccccc2)C(O)(c2ccccc2)C1. The lowest BCUT2D eigenvalue weighted by molar-refractivity contribution is 0.113. The maximum absolute atomic E-state index is 13.7. The van der Waals surface area contributed by atoms with E-state index in [4.69, 9.17) is 5.10 Å². The Morgan fingerprint density at radius 3 is 2.19 bits per heavy atom. The second-order valence-electron chi connectivity index (χ2n) is 8.89. The van der Waals surface area contributed by atoms with Gasteiger partial charge in [-0.05, 0) is 35.3 Å². The summed E-state index contributed by atoms with van der Waals surface area (Å²) in [5.41, 5.74) is 3.43. The number of fused-ring (bicyclic) bond motifs is 1. The molecule has 0 amide bonds. The molecule has 0 spiro atoms. The van der Waals surface area contributed by atoms with Crippen LogP contribution in [0.5, 0.6) is 0 Å². The molecule has 1 aliphatic rings. The zero-order valence-electron chi connectivity index (χ0n) is 19.6. The minimum atomic E-state index is -1.26. The van der Waals surface area contributed by atoms with Crippen molar-refractivity contribution in [3.8, 4) is 11.1 Å². The van der Waals surface area contributed by atoms with E-state index in [1.54, 1.807) is 6.92 Å². The van der Waals surface area contributed by atoms with Crippen molar-refractivity contribution in [1.82, 2.24) is 9.66 Å². The van der Waals surface area contributed by atoms with E-state index in [-0.39, 0.29) is 12.0 Å². The van der Waals surface area contributed by atoms with E-state index in [0.717, 1.165) is 27.8 Å². The van der Waals surface area contributed by atoms with E-state index in [0.29, 0.717) is 21.8 Å². The van der Waals surface area contributed by atoms with Crippen LogP contribution in [0.15, 0.2) is 112 Å². The van der Waals surface area contributed by atoms with Gasteiger partial charge in [-0.3, -0.25) is 4.79 Å². The van der Waals surface area contributed by atoms with E-state index in [9.17, 15) is 9.90 Å². The first-order chi connectivity index (χ1) is 17.5. The molecule has 5 aromatic rings. The minimum absolute atomic E-state index is 0.213. The molecule has 0 bridgehead atoms. The molecule has 6 heteroatoms. The lowest BCUT2D eigenvalue weighted by Gasteiger charge is -2.27. The van der Waals surface area contributed by atoms with Gasteiger partial charge in [-0.15, -0.1) is 11.3 Å². The predicted molar refractivity (Wildman–Crippen MR) is 146 cm³/mol. The molecule has 0 saturated heterocycles. The molecule has 1 atom stereocenters. The molecule has 2 heterocycles. The van der Waals surface area contributed by atoms with Gasteiger partial charge in [-0.25, -0.2) is 4.98 Å². The van der Waals surface area contributed by atoms with Crippen LogP contribution in [0.4, 0.5) is 0 Å². The maximum atomic E-state index is 13.7. The monoisotopic (exact) mass is 489 g/mol. The number of thiophene rings is 1. The molecular weight excluding hydrogens is 466 g/mol. The van der Waals surface area contributed by atoms with Gasteiger partial charge < -0.3 is 5.11 Å². The Morgan fingerprint density at radius 1 is 0.917 bits per heavy atom. The molecule has 6 rings (SSSR count). The molecule has 1 unspecified atom stereocenters. The summed E-state index contributed by atoms with van der Waals surface area (Å²) in [6.45, 7) is 1.78. The van der Waals surface area contributed by atoms with Gasteiger partial charge in [-0.1, -0.05) is 91.0 Å². The van der Waals surface area contributed by atoms with Crippen LogP contribution < -0.4 is 5.56 Å². The third-order valence-electron chi connectivity index (χ3n) is 6.59. The second kappa shape index (κ2) is 8.82. The molecule has 5 nitrogen and oxygen atoms in total. The predicted octanol–water partition coefficient (Wildman–Crippen LogP) is 6.01. The van der Waals surface area contributed by atoms with Crippen molar-refractivity contribution in [3.05, 3.63) is 130 Å². The molecule has 3 aromatic carbocycles. The summed E-state index contributed by atoms with van der Waals surface area (Å²) in [4.78, 5) is 19.1. The molecule has 176 valence electrons. The molecule has 0 radical (unpaired) electrons. The second-order valence-corrected chi connectivity index (χ2v) is 9.75. The number of allylic oxidation sites excluding steroid dienone is 1. The van der Waals surface area contributed by atoms with E-state index in [1.165, 1.54) is 16.0 Å². The van der Waals surface area contributed by atoms with Crippen molar-refractivity contribution in [3.63, 3.8) is 0 Å². The quantitative estimate of drug-likeness (QED) is 0.336. The molecule has 1 aliphatic carbocycles. The van der Waals surface area contributed by atoms with E-state index in [1.807, 2.05) is 102 Å². The summed E-state index contributed by atoms with van der Waals surface area (Å²) in [6.07, 6.45) is 2.14. The van der Waals surface area contributed by atoms with Crippen LogP contribution in [0, 0.1) is 6.92 Å². The Kier molecular flexibility index (Phi) is 5.48. The van der Waals surface area contributed by atoms with Crippen LogP contribution in [-0.4, -0.2) is 20.5 Å². The molecule has 0 saturated carbocycles. The first kappa shape index (κ1) is 22.3. The highest BCUT2D eigenvalue weighted by Crippen LogP contribution is 2.44. The van der Waals surface area contributed by atoms with E-state index < -0.39 is 5.60 Å². The van der Waals surface area contributed by atoms with E-state index in [2.05, 4.69) is 4.98 Å². The first-order valence-corrected chi connectivity index (χ1v) is 12.6. The average Bonchev–Trinajstić information content (AvgIpc) is 3.50. The van der Waals surface area contributed by atoms with Crippen LogP contribution in [0.25, 0.3) is 26.9 Å². The number of nitrogens with zero attached hydrogens (tertiary/aromatic N) is 3. The number of rotatable bonds is 4. The van der Waals surface area contributed by atoms with Gasteiger partial charge in [0.15, 0.2) is 0 Å². The van der Waals surface area contributed by atoms with Gasteiger partial charge in [0.1, 0.15) is 16.3 Å². The lowest BCUT2D eigenvalue weighted by Crippen LogP contribution is -2.26. The Labute approximate surface area is 212 Å². The smallest absolute Gasteiger partial charge is 0.283 e. The number of aryl methyl sites for hydroxylation is 1. The fraction of sp³-hybridized carbons (Fsp3) is 0.100. The number of hydrogen-bond donors (Lipinski definition) is 1. The topological polar surface area (TPSA) is 67.5 Å². The maximum Gasteiger partial charge on any atom is 0.283 e. The van der Waals surface area contributed by atoms with E-state index >= 15 is 0 Å². The Bertz CT molecular complexity index is 1690. The van der Waals surface area contributed by atoms with Crippen LogP contribution >= 0.6 is 11.3 Å². The summed E-state index contributed by atoms with van der Waals surface area (Å²) in [5, 5.41) is 19.2. The summed E-state index contributed by atoms with van der Waals surface area (Å²) < 4.78 is 1.37. The zero-order chi connectivity index (χ0) is 24.7. The number of hydrogen-bond acceptors (Lipinski definition) is 5. The zero-order valence-corrected chi connectivity index (χ0v) is 20.4. The van der Waals surface area contributed by atoms with Gasteiger partial charge in [0.2, 0.25) is 0 Å². The molecule has 1 N–H and O–H groups in total. The van der Waals surface area contributed by atoms with Crippen LogP contribution in [-0.2, 0) is 5.60 Å². The average molecular weight is 490 g/mol. The van der Waals surface area contributed by atoms with Crippen molar-refractivity contribution < 1.29 is 5.11 Å². The number of aromatic nitrogens is 2. The van der Waals surface area contributed by atoms with Crippen molar-refractivity contribution in [2.75, 3.05) is 0 Å². The third-order valence-corrected chi connectivity index (χ3v) is 7.46. The Morgan fingerprint density at radius 2 is 1.53 bits per heavy atom. The summed E-state index contributed by atoms with van der Waals surface area (Å²) in [7, 11) is 0. The molecule has 0 fully saturated rings. The van der Waals surface area contributed by atoms with Crippen molar-refractivity contribution in [1.29, 1.82) is 0 Å². The number of benzene rings is 3. The van der Waals surface area contributed by atoms with Gasteiger partial charge in [0.05, 0.1) is 11.1 Å². The standard InChI is InChI=1S/C30H23N3O2S/c1-20-31-28-27(25(19-36-28)21-11-5-2-6-12-21)29(34)33(20)32-24-17-26(22-13-7-3-8-14-22)30(35,18-24)23-15-9-4-10-16-23/h2-17,19,35H,18H2,1H3/b32-24+. The van der Waals surface area contributed by atoms with Crippen molar-refractivity contribution in [2.24, 2.45) is 5.10 Å². The largest absolute Gasteiger partial charge is 0.380 e. The Balaban J connectivity index is 1.52. The highest BCUT2D eigenvalue weighted by molar-refractivity contribution is 7.17. The molecular formula is C30H23N3O2S. The summed E-state index contributed by atoms with van der Waals surface area (Å²) >= 11 is 1.46. The fourth-order valence-electron chi connectivity index (χ4n) is 4.83. The van der Waals surface area contributed by atoms with Crippen LogP contribution in [0.2, 0.25) is 0 Å². The van der Waals surface area contributed by atoms with Gasteiger partial charge in [0, 0.05) is 17.4 Å². The lowest BCUT2D eigenvalue weighted by atomic mass is 9.84. The molecule has 36 heavy (non-hydrogen) atoms.